The maximum Gasteiger partial charge on any atom is 0.316 e. The second-order valence-corrected chi connectivity index (χ2v) is 3.68. The zero-order valence-corrected chi connectivity index (χ0v) is 9.68. The van der Waals surface area contributed by atoms with Gasteiger partial charge in [-0.1, -0.05) is 0 Å². The average molecular weight is 234 g/mol. The molecule has 0 spiro atoms. The van der Waals surface area contributed by atoms with Gasteiger partial charge in [0.2, 0.25) is 0 Å². The SMILES string of the molecule is COC(C)c1c(NC(N)=O)cnn2cccc12. The fourth-order valence-corrected chi connectivity index (χ4v) is 1.79. The van der Waals surface area contributed by atoms with E-state index in [1.54, 1.807) is 17.8 Å². The molecule has 0 saturated carbocycles. The van der Waals surface area contributed by atoms with Crippen LogP contribution in [0.15, 0.2) is 24.5 Å². The summed E-state index contributed by atoms with van der Waals surface area (Å²) in [6.07, 6.45) is 3.22. The number of anilines is 1. The summed E-state index contributed by atoms with van der Waals surface area (Å²) < 4.78 is 7.02. The van der Waals surface area contributed by atoms with Crippen molar-refractivity contribution in [3.8, 4) is 0 Å². The lowest BCUT2D eigenvalue weighted by atomic mass is 10.1. The molecule has 3 N–H and O–H groups in total. The zero-order valence-electron chi connectivity index (χ0n) is 9.68. The summed E-state index contributed by atoms with van der Waals surface area (Å²) in [4.78, 5) is 10.9. The lowest BCUT2D eigenvalue weighted by Crippen LogP contribution is -2.21. The number of carbonyl (C=O) groups is 1. The van der Waals surface area contributed by atoms with Gasteiger partial charge in [-0.15, -0.1) is 0 Å². The molecule has 0 saturated heterocycles. The van der Waals surface area contributed by atoms with E-state index in [1.165, 1.54) is 0 Å². The van der Waals surface area contributed by atoms with Crippen molar-refractivity contribution in [3.05, 3.63) is 30.1 Å². The molecule has 6 heteroatoms. The van der Waals surface area contributed by atoms with Crippen LogP contribution in [0.2, 0.25) is 0 Å². The number of methoxy groups -OCH3 is 1. The fraction of sp³-hybridized carbons (Fsp3) is 0.273. The zero-order chi connectivity index (χ0) is 12.4. The Labute approximate surface area is 98.4 Å². The van der Waals surface area contributed by atoms with E-state index < -0.39 is 6.03 Å². The fourth-order valence-electron chi connectivity index (χ4n) is 1.79. The minimum absolute atomic E-state index is 0.169. The summed E-state index contributed by atoms with van der Waals surface area (Å²) in [6, 6.07) is 3.17. The van der Waals surface area contributed by atoms with Gasteiger partial charge in [0.15, 0.2) is 0 Å². The molecule has 0 aliphatic rings. The van der Waals surface area contributed by atoms with Gasteiger partial charge in [-0.2, -0.15) is 5.10 Å². The van der Waals surface area contributed by atoms with Crippen LogP contribution in [0.25, 0.3) is 5.52 Å². The molecule has 0 fully saturated rings. The molecule has 0 aliphatic heterocycles. The van der Waals surface area contributed by atoms with Crippen LogP contribution in [-0.4, -0.2) is 22.8 Å². The number of carbonyl (C=O) groups excluding carboxylic acids is 1. The van der Waals surface area contributed by atoms with Crippen molar-refractivity contribution in [1.29, 1.82) is 0 Å². The van der Waals surface area contributed by atoms with Crippen LogP contribution < -0.4 is 11.1 Å². The lowest BCUT2D eigenvalue weighted by molar-refractivity contribution is 0.121. The molecule has 90 valence electrons. The van der Waals surface area contributed by atoms with Crippen LogP contribution in [-0.2, 0) is 4.74 Å². The monoisotopic (exact) mass is 234 g/mol. The molecule has 6 nitrogen and oxygen atoms in total. The van der Waals surface area contributed by atoms with E-state index >= 15 is 0 Å². The molecule has 2 amide bonds. The second kappa shape index (κ2) is 4.42. The molecule has 1 unspecified atom stereocenters. The minimum Gasteiger partial charge on any atom is -0.377 e. The number of nitrogens with zero attached hydrogens (tertiary/aromatic N) is 2. The Balaban J connectivity index is 2.61. The first kappa shape index (κ1) is 11.4. The molecule has 0 bridgehead atoms. The molecule has 2 aromatic rings. The highest BCUT2D eigenvalue weighted by molar-refractivity contribution is 5.90. The van der Waals surface area contributed by atoms with Crippen molar-refractivity contribution in [2.24, 2.45) is 5.73 Å². The highest BCUT2D eigenvalue weighted by Crippen LogP contribution is 2.28. The predicted molar refractivity (Wildman–Crippen MR) is 63.8 cm³/mol. The summed E-state index contributed by atoms with van der Waals surface area (Å²) in [6.45, 7) is 1.90. The normalized spacial score (nSPS) is 12.6. The van der Waals surface area contributed by atoms with Crippen molar-refractivity contribution in [3.63, 3.8) is 0 Å². The smallest absolute Gasteiger partial charge is 0.316 e. The van der Waals surface area contributed by atoms with Crippen LogP contribution in [0.4, 0.5) is 10.5 Å². The number of rotatable bonds is 3. The summed E-state index contributed by atoms with van der Waals surface area (Å²) >= 11 is 0. The Kier molecular flexibility index (Phi) is 2.97. The van der Waals surface area contributed by atoms with Gasteiger partial charge in [0.25, 0.3) is 0 Å². The topological polar surface area (TPSA) is 81.6 Å². The Morgan fingerprint density at radius 2 is 2.41 bits per heavy atom. The van der Waals surface area contributed by atoms with Gasteiger partial charge in [-0.05, 0) is 19.1 Å². The van der Waals surface area contributed by atoms with Gasteiger partial charge in [-0.25, -0.2) is 9.31 Å². The molecule has 0 aromatic carbocycles. The van der Waals surface area contributed by atoms with E-state index in [0.717, 1.165) is 11.1 Å². The first-order valence-electron chi connectivity index (χ1n) is 5.19. The Morgan fingerprint density at radius 3 is 3.06 bits per heavy atom. The molecule has 0 radical (unpaired) electrons. The molecule has 2 aromatic heterocycles. The van der Waals surface area contributed by atoms with E-state index in [2.05, 4.69) is 10.4 Å². The third-order valence-corrected chi connectivity index (χ3v) is 2.62. The van der Waals surface area contributed by atoms with Crippen molar-refractivity contribution >= 4 is 17.2 Å². The summed E-state index contributed by atoms with van der Waals surface area (Å²) in [5.41, 5.74) is 7.43. The Bertz CT molecular complexity index is 549. The number of ether oxygens (including phenoxy) is 1. The van der Waals surface area contributed by atoms with E-state index in [9.17, 15) is 4.79 Å². The van der Waals surface area contributed by atoms with E-state index in [-0.39, 0.29) is 6.10 Å². The van der Waals surface area contributed by atoms with Gasteiger partial charge >= 0.3 is 6.03 Å². The maximum absolute atomic E-state index is 10.9. The highest BCUT2D eigenvalue weighted by atomic mass is 16.5. The molecule has 1 atom stereocenters. The number of amides is 2. The van der Waals surface area contributed by atoms with Gasteiger partial charge in [0.1, 0.15) is 0 Å². The largest absolute Gasteiger partial charge is 0.377 e. The minimum atomic E-state index is -0.618. The summed E-state index contributed by atoms with van der Waals surface area (Å²) in [7, 11) is 1.61. The Hall–Kier alpha value is -2.08. The molecule has 0 aliphatic carbocycles. The summed E-state index contributed by atoms with van der Waals surface area (Å²) in [5, 5.41) is 6.72. The van der Waals surface area contributed by atoms with Gasteiger partial charge in [-0.3, -0.25) is 0 Å². The van der Waals surface area contributed by atoms with E-state index in [4.69, 9.17) is 10.5 Å². The van der Waals surface area contributed by atoms with E-state index in [1.807, 2.05) is 25.3 Å². The van der Waals surface area contributed by atoms with Crippen LogP contribution in [0, 0.1) is 0 Å². The van der Waals surface area contributed by atoms with Crippen LogP contribution in [0.3, 0.4) is 0 Å². The Morgan fingerprint density at radius 1 is 1.65 bits per heavy atom. The van der Waals surface area contributed by atoms with Crippen molar-refractivity contribution in [1.82, 2.24) is 9.61 Å². The van der Waals surface area contributed by atoms with E-state index in [0.29, 0.717) is 5.69 Å². The van der Waals surface area contributed by atoms with Crippen molar-refractivity contribution in [2.75, 3.05) is 12.4 Å². The highest BCUT2D eigenvalue weighted by Gasteiger charge is 2.16. The number of hydrogen-bond donors (Lipinski definition) is 2. The molecular formula is C11H14N4O2. The number of nitrogens with two attached hydrogens (primary N) is 1. The van der Waals surface area contributed by atoms with Crippen LogP contribution in [0.1, 0.15) is 18.6 Å². The van der Waals surface area contributed by atoms with Gasteiger partial charge in [0.05, 0.1) is 23.5 Å². The second-order valence-electron chi connectivity index (χ2n) is 3.68. The number of fused-ring (bicyclic) bond motifs is 1. The van der Waals surface area contributed by atoms with Gasteiger partial charge < -0.3 is 15.8 Å². The van der Waals surface area contributed by atoms with Gasteiger partial charge in [0, 0.05) is 18.9 Å². The quantitative estimate of drug-likeness (QED) is 0.845. The number of primary amides is 1. The average Bonchev–Trinajstić information content (AvgIpc) is 2.75. The first-order valence-corrected chi connectivity index (χ1v) is 5.19. The van der Waals surface area contributed by atoms with Crippen LogP contribution in [0.5, 0.6) is 0 Å². The maximum atomic E-state index is 10.9. The number of hydrogen-bond acceptors (Lipinski definition) is 3. The summed E-state index contributed by atoms with van der Waals surface area (Å²) in [5.74, 6) is 0. The number of nitrogens with one attached hydrogen (secondary N) is 1. The molecular weight excluding hydrogens is 220 g/mol. The third kappa shape index (κ3) is 2.07. The van der Waals surface area contributed by atoms with Crippen molar-refractivity contribution in [2.45, 2.75) is 13.0 Å². The predicted octanol–water partition coefficient (Wildman–Crippen LogP) is 1.53. The molecule has 2 heterocycles. The number of urea groups is 1. The standard InChI is InChI=1S/C11H14N4O2/c1-7(17-2)10-8(14-11(12)16)6-13-15-5-3-4-9(10)15/h3-7H,1-2H3,(H3,12,14,16). The van der Waals surface area contributed by atoms with Crippen LogP contribution >= 0.6 is 0 Å². The first-order chi connectivity index (χ1) is 8.13. The molecule has 17 heavy (non-hydrogen) atoms. The van der Waals surface area contributed by atoms with Crippen molar-refractivity contribution < 1.29 is 9.53 Å². The lowest BCUT2D eigenvalue weighted by Gasteiger charge is -2.16. The third-order valence-electron chi connectivity index (χ3n) is 2.62. The molecule has 2 rings (SSSR count). The number of aromatic nitrogens is 2.